The molecule has 1 N–H and O–H groups in total. The van der Waals surface area contributed by atoms with Crippen molar-refractivity contribution in [2.75, 3.05) is 29.9 Å². The molecule has 0 spiro atoms. The fraction of sp³-hybridized carbons (Fsp3) is 0.500. The molecule has 2 aliphatic rings. The van der Waals surface area contributed by atoms with E-state index < -0.39 is 17.3 Å². The van der Waals surface area contributed by atoms with Crippen molar-refractivity contribution in [2.24, 2.45) is 5.92 Å². The van der Waals surface area contributed by atoms with Crippen molar-refractivity contribution >= 4 is 34.6 Å². The minimum atomic E-state index is -0.582. The van der Waals surface area contributed by atoms with Crippen LogP contribution in [0, 0.1) is 18.7 Å². The van der Waals surface area contributed by atoms with Crippen LogP contribution >= 0.6 is 0 Å². The number of oxazole rings is 1. The minimum absolute atomic E-state index is 0.110. The van der Waals surface area contributed by atoms with Crippen molar-refractivity contribution < 1.29 is 23.1 Å². The third-order valence-corrected chi connectivity index (χ3v) is 6.36. The molecule has 2 fully saturated rings. The van der Waals surface area contributed by atoms with Crippen molar-refractivity contribution in [3.63, 3.8) is 0 Å². The topological polar surface area (TPSA) is 114 Å². The van der Waals surface area contributed by atoms with Crippen LogP contribution < -0.4 is 10.2 Å². The molecule has 1 aliphatic heterocycles. The van der Waals surface area contributed by atoms with Gasteiger partial charge in [-0.05, 0) is 52.0 Å². The summed E-state index contributed by atoms with van der Waals surface area (Å²) in [4.78, 5) is 42.0. The van der Waals surface area contributed by atoms with Crippen molar-refractivity contribution in [1.82, 2.24) is 19.9 Å². The number of hydrogen-bond acceptors (Lipinski definition) is 8. The third-order valence-electron chi connectivity index (χ3n) is 6.36. The fourth-order valence-electron chi connectivity index (χ4n) is 4.52. The highest BCUT2D eigenvalue weighted by Crippen LogP contribution is 2.31. The van der Waals surface area contributed by atoms with Crippen LogP contribution in [-0.4, -0.2) is 63.1 Å². The first-order valence-electron chi connectivity index (χ1n) is 12.5. The molecule has 1 atom stereocenters. The van der Waals surface area contributed by atoms with E-state index in [0.29, 0.717) is 24.2 Å². The highest BCUT2D eigenvalue weighted by atomic mass is 19.1. The number of ether oxygens (including phenoxy) is 1. The molecule has 1 aromatic carbocycles. The van der Waals surface area contributed by atoms with Crippen molar-refractivity contribution in [2.45, 2.75) is 58.6 Å². The monoisotopic (exact) mass is 510 g/mol. The van der Waals surface area contributed by atoms with Crippen molar-refractivity contribution in [1.29, 1.82) is 0 Å². The van der Waals surface area contributed by atoms with E-state index in [-0.39, 0.29) is 34.6 Å². The number of hydrogen-bond donors (Lipinski definition) is 1. The molecule has 196 valence electrons. The summed E-state index contributed by atoms with van der Waals surface area (Å²) in [5.41, 5.74) is 0.203. The van der Waals surface area contributed by atoms with Gasteiger partial charge in [0, 0.05) is 44.4 Å². The smallest absolute Gasteiger partial charge is 0.410 e. The second-order valence-corrected chi connectivity index (χ2v) is 10.7. The number of nitrogens with one attached hydrogen (secondary N) is 1. The van der Waals surface area contributed by atoms with Gasteiger partial charge in [0.1, 0.15) is 22.6 Å². The Morgan fingerprint density at radius 1 is 1.22 bits per heavy atom. The zero-order chi connectivity index (χ0) is 26.3. The highest BCUT2D eigenvalue weighted by Gasteiger charge is 2.38. The lowest BCUT2D eigenvalue weighted by Crippen LogP contribution is -2.41. The van der Waals surface area contributed by atoms with Crippen LogP contribution in [0.3, 0.4) is 0 Å². The Labute approximate surface area is 214 Å². The lowest BCUT2D eigenvalue weighted by atomic mass is 10.1. The molecular weight excluding hydrogens is 479 g/mol. The average Bonchev–Trinajstić information content (AvgIpc) is 3.42. The van der Waals surface area contributed by atoms with Crippen LogP contribution in [0.15, 0.2) is 28.9 Å². The predicted molar refractivity (Wildman–Crippen MR) is 135 cm³/mol. The van der Waals surface area contributed by atoms with Gasteiger partial charge >= 0.3 is 6.09 Å². The number of aryl methyl sites for hydroxylation is 1. The maximum absolute atomic E-state index is 14.3. The first-order chi connectivity index (χ1) is 17.6. The molecule has 1 unspecified atom stereocenters. The number of rotatable bonds is 6. The molecule has 1 saturated carbocycles. The zero-order valence-electron chi connectivity index (χ0n) is 21.5. The number of carbonyl (C=O) groups excluding carboxylic acids is 2. The Hall–Kier alpha value is -3.76. The maximum Gasteiger partial charge on any atom is 0.410 e. The number of halogens is 1. The van der Waals surface area contributed by atoms with Crippen LogP contribution in [0.1, 0.15) is 56.4 Å². The maximum atomic E-state index is 14.3. The van der Waals surface area contributed by atoms with Gasteiger partial charge in [0.25, 0.3) is 5.91 Å². The van der Waals surface area contributed by atoms with E-state index in [0.717, 1.165) is 32.4 Å². The molecule has 2 amide bonds. The van der Waals surface area contributed by atoms with Crippen LogP contribution in [0.4, 0.5) is 20.7 Å². The molecule has 10 nitrogen and oxygen atoms in total. The first kappa shape index (κ1) is 24.9. The van der Waals surface area contributed by atoms with E-state index >= 15 is 0 Å². The summed E-state index contributed by atoms with van der Waals surface area (Å²) in [6.07, 6.45) is 5.68. The number of fused-ring (bicyclic) bond motifs is 1. The molecule has 5 rings (SSSR count). The van der Waals surface area contributed by atoms with Gasteiger partial charge in [-0.3, -0.25) is 4.79 Å². The molecule has 2 aromatic heterocycles. The van der Waals surface area contributed by atoms with Gasteiger partial charge in [0.15, 0.2) is 17.3 Å². The Morgan fingerprint density at radius 2 is 2.00 bits per heavy atom. The van der Waals surface area contributed by atoms with Gasteiger partial charge < -0.3 is 24.3 Å². The number of nitrogens with zero attached hydrogens (tertiary/aromatic N) is 5. The average molecular weight is 511 g/mol. The van der Waals surface area contributed by atoms with E-state index in [2.05, 4.69) is 25.2 Å². The lowest BCUT2D eigenvalue weighted by molar-refractivity contribution is 0.0208. The van der Waals surface area contributed by atoms with Gasteiger partial charge in [-0.2, -0.15) is 0 Å². The second-order valence-electron chi connectivity index (χ2n) is 10.7. The Kier molecular flexibility index (Phi) is 6.47. The SMILES string of the molecule is Cc1nc2c(F)cc(NC(=O)c3cnc(N4CCC(CN(C(=O)OC(C)(C)C)C5CC5)C4)cn3)cc2o1. The summed E-state index contributed by atoms with van der Waals surface area (Å²) in [6.45, 7) is 9.44. The predicted octanol–water partition coefficient (Wildman–Crippen LogP) is 4.54. The number of carbonyl (C=O) groups is 2. The van der Waals surface area contributed by atoms with Crippen molar-refractivity contribution in [3.8, 4) is 0 Å². The summed E-state index contributed by atoms with van der Waals surface area (Å²) in [7, 11) is 0. The molecule has 11 heteroatoms. The van der Waals surface area contributed by atoms with E-state index in [9.17, 15) is 14.0 Å². The van der Waals surface area contributed by atoms with E-state index in [4.69, 9.17) is 9.15 Å². The summed E-state index contributed by atoms with van der Waals surface area (Å²) >= 11 is 0. The molecule has 1 saturated heterocycles. The zero-order valence-corrected chi connectivity index (χ0v) is 21.5. The van der Waals surface area contributed by atoms with E-state index in [1.165, 1.54) is 18.3 Å². The lowest BCUT2D eigenvalue weighted by Gasteiger charge is -2.29. The number of aromatic nitrogens is 3. The van der Waals surface area contributed by atoms with Gasteiger partial charge in [0.2, 0.25) is 0 Å². The molecule has 0 radical (unpaired) electrons. The minimum Gasteiger partial charge on any atom is -0.444 e. The molecule has 0 bridgehead atoms. The Morgan fingerprint density at radius 3 is 2.68 bits per heavy atom. The third kappa shape index (κ3) is 5.81. The molecule has 3 heterocycles. The Balaban J connectivity index is 1.19. The molecule has 37 heavy (non-hydrogen) atoms. The van der Waals surface area contributed by atoms with Gasteiger partial charge in [-0.25, -0.2) is 24.1 Å². The number of benzene rings is 1. The number of amides is 2. The number of anilines is 2. The quantitative estimate of drug-likeness (QED) is 0.514. The van der Waals surface area contributed by atoms with Crippen molar-refractivity contribution in [3.05, 3.63) is 41.9 Å². The molecular formula is C26H31FN6O4. The molecule has 1 aliphatic carbocycles. The first-order valence-corrected chi connectivity index (χ1v) is 12.5. The summed E-state index contributed by atoms with van der Waals surface area (Å²) < 4.78 is 25.3. The summed E-state index contributed by atoms with van der Waals surface area (Å²) in [5.74, 6) is 0.210. The van der Waals surface area contributed by atoms with Crippen LogP contribution in [0.25, 0.3) is 11.1 Å². The standard InChI is InChI=1S/C26H31FN6O4/c1-15-30-23-19(27)9-17(10-21(23)36-15)31-24(34)20-11-29-22(12-28-20)32-8-7-16(13-32)14-33(18-5-6-18)25(35)37-26(2,3)4/h9-12,16,18H,5-8,13-14H2,1-4H3,(H,31,34). The van der Waals surface area contributed by atoms with Gasteiger partial charge in [0.05, 0.1) is 12.4 Å². The largest absolute Gasteiger partial charge is 0.444 e. The van der Waals surface area contributed by atoms with E-state index in [1.54, 1.807) is 13.1 Å². The second kappa shape index (κ2) is 9.60. The highest BCUT2D eigenvalue weighted by molar-refractivity contribution is 6.03. The summed E-state index contributed by atoms with van der Waals surface area (Å²) in [6, 6.07) is 2.98. The summed E-state index contributed by atoms with van der Waals surface area (Å²) in [5, 5.41) is 2.63. The molecule has 3 aromatic rings. The van der Waals surface area contributed by atoms with Gasteiger partial charge in [-0.15, -0.1) is 0 Å². The van der Waals surface area contributed by atoms with Crippen LogP contribution in [0.2, 0.25) is 0 Å². The van der Waals surface area contributed by atoms with Crippen LogP contribution in [-0.2, 0) is 4.74 Å². The normalized spacial score (nSPS) is 17.8. The Bertz CT molecular complexity index is 1320. The van der Waals surface area contributed by atoms with Gasteiger partial charge in [-0.1, -0.05) is 0 Å². The van der Waals surface area contributed by atoms with E-state index in [1.807, 2.05) is 25.7 Å². The van der Waals surface area contributed by atoms with Crippen LogP contribution in [0.5, 0.6) is 0 Å². The fourth-order valence-corrected chi connectivity index (χ4v) is 4.52.